The number of halogens is 3. The van der Waals surface area contributed by atoms with E-state index in [4.69, 9.17) is 0 Å². The molecule has 2 heterocycles. The molecule has 1 fully saturated rings. The van der Waals surface area contributed by atoms with Gasteiger partial charge in [0, 0.05) is 32.1 Å². The number of anilines is 1. The summed E-state index contributed by atoms with van der Waals surface area (Å²) in [6.07, 6.45) is 0.723. The van der Waals surface area contributed by atoms with Crippen molar-refractivity contribution < 1.29 is 22.0 Å². The van der Waals surface area contributed by atoms with Gasteiger partial charge in [0.1, 0.15) is 17.2 Å². The molecule has 1 saturated heterocycles. The number of benzene rings is 2. The number of carbonyl (C=O) groups is 1. The average molecular weight is 573 g/mol. The molecule has 7 nitrogen and oxygen atoms in total. The molecule has 0 radical (unpaired) electrons. The number of fused-ring (bicyclic) bond motifs is 1. The van der Waals surface area contributed by atoms with Gasteiger partial charge in [-0.05, 0) is 62.3 Å². The Kier molecular flexibility index (Phi) is 9.99. The standard InChI is InChI=1S/C25H30F2N4O3S2.ClH/c1-3-29(4-2)16-17-31(25-28-23-21(27)6-5-7-22(23)35-25)24(32)18-12-14-30(15-13-18)36(33,34)20-10-8-19(26)9-11-20;/h5-11,18H,3-4,12-17H2,1-2H3;1H. The molecule has 0 bridgehead atoms. The van der Waals surface area contributed by atoms with E-state index >= 15 is 0 Å². The number of rotatable bonds is 9. The molecule has 1 aromatic heterocycles. The number of amides is 1. The molecule has 2 aromatic carbocycles. The van der Waals surface area contributed by atoms with Gasteiger partial charge in [0.25, 0.3) is 0 Å². The molecule has 1 amide bonds. The van der Waals surface area contributed by atoms with Gasteiger partial charge in [-0.25, -0.2) is 22.2 Å². The van der Waals surface area contributed by atoms with Crippen molar-refractivity contribution in [2.45, 2.75) is 31.6 Å². The Labute approximate surface area is 226 Å². The molecule has 4 rings (SSSR count). The maximum absolute atomic E-state index is 14.3. The van der Waals surface area contributed by atoms with Gasteiger partial charge in [-0.1, -0.05) is 31.3 Å². The first-order valence-corrected chi connectivity index (χ1v) is 14.3. The first kappa shape index (κ1) is 29.4. The van der Waals surface area contributed by atoms with Gasteiger partial charge < -0.3 is 4.90 Å². The number of hydrogen-bond acceptors (Lipinski definition) is 6. The van der Waals surface area contributed by atoms with Gasteiger partial charge in [-0.2, -0.15) is 4.31 Å². The van der Waals surface area contributed by atoms with Crippen molar-refractivity contribution >= 4 is 55.0 Å². The quantitative estimate of drug-likeness (QED) is 0.369. The number of likely N-dealkylation sites (N-methyl/N-ethyl adjacent to an activating group) is 1. The van der Waals surface area contributed by atoms with E-state index in [9.17, 15) is 22.0 Å². The molecule has 0 unspecified atom stereocenters. The summed E-state index contributed by atoms with van der Waals surface area (Å²) in [6.45, 7) is 7.23. The zero-order valence-corrected chi connectivity index (χ0v) is 23.2. The van der Waals surface area contributed by atoms with Crippen molar-refractivity contribution in [2.75, 3.05) is 44.2 Å². The summed E-state index contributed by atoms with van der Waals surface area (Å²) < 4.78 is 55.5. The third kappa shape index (κ3) is 6.46. The van der Waals surface area contributed by atoms with Crippen LogP contribution in [0.2, 0.25) is 0 Å². The normalized spacial score (nSPS) is 15.2. The minimum absolute atomic E-state index is 0. The van der Waals surface area contributed by atoms with E-state index in [1.807, 2.05) is 0 Å². The highest BCUT2D eigenvalue weighted by Gasteiger charge is 2.35. The number of para-hydroxylation sites is 1. The van der Waals surface area contributed by atoms with E-state index in [0.29, 0.717) is 35.8 Å². The molecule has 37 heavy (non-hydrogen) atoms. The first-order chi connectivity index (χ1) is 17.2. The van der Waals surface area contributed by atoms with E-state index < -0.39 is 21.7 Å². The van der Waals surface area contributed by atoms with Crippen molar-refractivity contribution in [1.29, 1.82) is 0 Å². The van der Waals surface area contributed by atoms with Crippen LogP contribution in [0.15, 0.2) is 47.4 Å². The second kappa shape index (κ2) is 12.6. The van der Waals surface area contributed by atoms with Crippen LogP contribution in [0.5, 0.6) is 0 Å². The molecule has 0 spiro atoms. The fraction of sp³-hybridized carbons (Fsp3) is 0.440. The number of carbonyl (C=O) groups excluding carboxylic acids is 1. The van der Waals surface area contributed by atoms with E-state index in [1.165, 1.54) is 33.8 Å². The highest BCUT2D eigenvalue weighted by molar-refractivity contribution is 7.89. The van der Waals surface area contributed by atoms with Gasteiger partial charge in [0.15, 0.2) is 5.13 Å². The largest absolute Gasteiger partial charge is 0.302 e. The van der Waals surface area contributed by atoms with Crippen LogP contribution in [-0.2, 0) is 14.8 Å². The Morgan fingerprint density at radius 3 is 2.30 bits per heavy atom. The van der Waals surface area contributed by atoms with Crippen molar-refractivity contribution in [3.8, 4) is 0 Å². The number of hydrogen-bond donors (Lipinski definition) is 0. The SMILES string of the molecule is CCN(CC)CCN(C(=O)C1CCN(S(=O)(=O)c2ccc(F)cc2)CC1)c1nc2c(F)cccc2s1.Cl. The highest BCUT2D eigenvalue weighted by Crippen LogP contribution is 2.33. The van der Waals surface area contributed by atoms with Crippen LogP contribution in [-0.4, -0.2) is 67.8 Å². The number of nitrogens with zero attached hydrogens (tertiary/aromatic N) is 4. The lowest BCUT2D eigenvalue weighted by Crippen LogP contribution is -2.46. The lowest BCUT2D eigenvalue weighted by atomic mass is 9.96. The van der Waals surface area contributed by atoms with Gasteiger partial charge in [-0.15, -0.1) is 12.4 Å². The monoisotopic (exact) mass is 572 g/mol. The molecule has 3 aromatic rings. The fourth-order valence-corrected chi connectivity index (χ4v) is 6.90. The first-order valence-electron chi connectivity index (χ1n) is 12.1. The molecule has 202 valence electrons. The molecule has 1 aliphatic rings. The van der Waals surface area contributed by atoms with E-state index in [1.54, 1.807) is 17.0 Å². The van der Waals surface area contributed by atoms with Gasteiger partial charge in [-0.3, -0.25) is 9.69 Å². The van der Waals surface area contributed by atoms with Gasteiger partial charge in [0.05, 0.1) is 9.60 Å². The zero-order chi connectivity index (χ0) is 25.9. The lowest BCUT2D eigenvalue weighted by Gasteiger charge is -2.33. The summed E-state index contributed by atoms with van der Waals surface area (Å²) in [7, 11) is -3.77. The van der Waals surface area contributed by atoms with Crippen LogP contribution in [0.3, 0.4) is 0 Å². The minimum atomic E-state index is -3.77. The van der Waals surface area contributed by atoms with E-state index in [2.05, 4.69) is 23.7 Å². The second-order valence-electron chi connectivity index (χ2n) is 8.73. The molecule has 12 heteroatoms. The topological polar surface area (TPSA) is 73.8 Å². The molecule has 0 N–H and O–H groups in total. The number of piperidine rings is 1. The average Bonchev–Trinajstić information content (AvgIpc) is 3.32. The van der Waals surface area contributed by atoms with Gasteiger partial charge in [0.2, 0.25) is 15.9 Å². The van der Waals surface area contributed by atoms with Crippen LogP contribution in [0.25, 0.3) is 10.2 Å². The Morgan fingerprint density at radius 2 is 1.70 bits per heavy atom. The lowest BCUT2D eigenvalue weighted by molar-refractivity contribution is -0.123. The van der Waals surface area contributed by atoms with Gasteiger partial charge >= 0.3 is 0 Å². The van der Waals surface area contributed by atoms with Crippen molar-refractivity contribution in [2.24, 2.45) is 5.92 Å². The van der Waals surface area contributed by atoms with Crippen molar-refractivity contribution in [3.63, 3.8) is 0 Å². The van der Waals surface area contributed by atoms with Crippen LogP contribution in [0, 0.1) is 17.6 Å². The molecular weight excluding hydrogens is 542 g/mol. The van der Waals surface area contributed by atoms with E-state index in [-0.39, 0.29) is 47.7 Å². The maximum atomic E-state index is 14.3. The summed E-state index contributed by atoms with van der Waals surface area (Å²) in [5.41, 5.74) is 0.248. The minimum Gasteiger partial charge on any atom is -0.302 e. The predicted octanol–water partition coefficient (Wildman–Crippen LogP) is 4.77. The van der Waals surface area contributed by atoms with Crippen LogP contribution in [0.4, 0.5) is 13.9 Å². The Balaban J connectivity index is 0.00000380. The van der Waals surface area contributed by atoms with Crippen LogP contribution >= 0.6 is 23.7 Å². The fourth-order valence-electron chi connectivity index (χ4n) is 4.42. The Bertz CT molecular complexity index is 1310. The Morgan fingerprint density at radius 1 is 1.05 bits per heavy atom. The number of sulfonamides is 1. The molecule has 0 saturated carbocycles. The van der Waals surface area contributed by atoms with E-state index in [0.717, 1.165) is 25.2 Å². The number of aromatic nitrogens is 1. The van der Waals surface area contributed by atoms with Crippen molar-refractivity contribution in [1.82, 2.24) is 14.2 Å². The summed E-state index contributed by atoms with van der Waals surface area (Å²) in [5, 5.41) is 0.452. The summed E-state index contributed by atoms with van der Waals surface area (Å²) in [6, 6.07) is 9.51. The highest BCUT2D eigenvalue weighted by atomic mass is 35.5. The number of thiazole rings is 1. The summed E-state index contributed by atoms with van der Waals surface area (Å²) in [4.78, 5) is 22.0. The van der Waals surface area contributed by atoms with Crippen LogP contribution < -0.4 is 4.90 Å². The molecule has 1 aliphatic heterocycles. The molecule has 0 atom stereocenters. The summed E-state index contributed by atoms with van der Waals surface area (Å²) in [5.74, 6) is -1.43. The predicted molar refractivity (Wildman–Crippen MR) is 145 cm³/mol. The third-order valence-corrected chi connectivity index (χ3v) is 9.60. The van der Waals surface area contributed by atoms with Crippen LogP contribution in [0.1, 0.15) is 26.7 Å². The maximum Gasteiger partial charge on any atom is 0.243 e. The molecular formula is C25H31ClF2N4O3S2. The summed E-state index contributed by atoms with van der Waals surface area (Å²) >= 11 is 1.28. The zero-order valence-electron chi connectivity index (χ0n) is 20.8. The smallest absolute Gasteiger partial charge is 0.243 e. The third-order valence-electron chi connectivity index (χ3n) is 6.64. The second-order valence-corrected chi connectivity index (χ2v) is 11.7. The van der Waals surface area contributed by atoms with Crippen molar-refractivity contribution in [3.05, 3.63) is 54.1 Å². The molecule has 0 aliphatic carbocycles. The Hall–Kier alpha value is -2.18.